The molecule has 7 aromatic carbocycles. The van der Waals surface area contributed by atoms with Crippen molar-refractivity contribution < 1.29 is 153 Å². The monoisotopic (exact) mass is 2720 g/mol. The van der Waals surface area contributed by atoms with E-state index < -0.39 is 0 Å². The number of ether oxygens (including phenoxy) is 5. The van der Waals surface area contributed by atoms with Gasteiger partial charge in [0.05, 0.1) is 32.5 Å². The van der Waals surface area contributed by atoms with Crippen molar-refractivity contribution in [3.63, 3.8) is 0 Å². The SMILES string of the molecule is C.C.CC.CC.CC.CC.CC.CC.CC.CC(=O)CC(C)(C)C.CC(=O)CC(C)(C)C.CC(C)(C)C.CC(C)(C)C.CC(C)(C)[C-]=O.COC(C)c1[c-]c(C)ccc1.COC(C)c1[c-]c(C)ccc1.COC(C)c1cc(C)[c-]c(C)c1.COc1ccccc1.COc1ccccc1.CSc1ccccc1.CSc1ccccc1.C[C-](C)C.C[C-](C)C.[CH-]=O.[CH-]=O.[W+2].[W+2].[W+2].[W].[W]. The standard InChI is InChI=1S/C11H15O.2C10H13O.2C7H8O.2C7H14O.2C7H8S.C5H9O.2C5H12.2C4H9.7C2H6.2CHO.2CH4.5W/c1-8-5-9(2)7-11(6-8)10(3)12-4;2*1-8-5-4-6-10(7-8)9(2)11-3;2*1-8-7-5-3-2-4-6-7;2*1-6(8)5-7(2,3)4;2*1-8-7-5-3-2-4-6-7;1-5(2,3)4-6;2*1-5(2,3)4;2*1-4(2)3;9*1-2;;;;;;;/h6-7,10H,1-4H3;2*4-6,9H,1-3H3;2*2-6H,1H3;2*5H2,1-4H3;2*2-6H,1H3;1-3H3;2*1-4H3;2*1-3H3;7*1-2H3;2*1H;2*1H4;;;;;/q3*-1;;;;;;;-1;;;2*-1;;;;;;;;2*-1;;;;;3*+2. The zero-order valence-corrected chi connectivity index (χ0v) is 109. The molecule has 7 rings (SSSR count). The van der Waals surface area contributed by atoms with Crippen LogP contribution in [-0.4, -0.2) is 79.5 Å². The predicted molar refractivity (Wildman–Crippen MR) is 575 cm³/mol. The molecule has 0 fully saturated rings. The molecule has 3 atom stereocenters. The van der Waals surface area contributed by atoms with Crippen LogP contribution >= 0.6 is 23.5 Å². The summed E-state index contributed by atoms with van der Waals surface area (Å²) in [5.74, 6) is 5.20. The quantitative estimate of drug-likeness (QED) is 0.0655. The van der Waals surface area contributed by atoms with Crippen LogP contribution in [0, 0.1) is 84.8 Å². The van der Waals surface area contributed by atoms with E-state index in [1.165, 1.54) is 38.3 Å². The van der Waals surface area contributed by atoms with E-state index in [1.807, 2.05) is 292 Å². The summed E-state index contributed by atoms with van der Waals surface area (Å²) in [4.78, 5) is 48.8. The molecule has 0 saturated heterocycles. The first-order chi connectivity index (χ1) is 57.7. The average molecular weight is 2720 g/mol. The van der Waals surface area contributed by atoms with E-state index >= 15 is 0 Å². The van der Waals surface area contributed by atoms with Gasteiger partial charge in [0, 0.05) is 86.1 Å². The number of Topliss-reactive ketones (excluding diaryl/α,β-unsaturated/α-hetero) is 2. The van der Waals surface area contributed by atoms with E-state index in [2.05, 4.69) is 233 Å². The number of rotatable bonds is 12. The van der Waals surface area contributed by atoms with Crippen LogP contribution < -0.4 is 9.47 Å². The molecule has 10 nitrogen and oxygen atoms in total. The fourth-order valence-electron chi connectivity index (χ4n) is 6.96. The molecule has 0 saturated carbocycles. The molecule has 0 N–H and O–H groups in total. The smallest absolute Gasteiger partial charge is 0.545 e. The van der Waals surface area contributed by atoms with Crippen molar-refractivity contribution in [1.82, 2.24) is 0 Å². The second kappa shape index (κ2) is 135. The van der Waals surface area contributed by atoms with Crippen molar-refractivity contribution in [3.05, 3.63) is 239 Å². The second-order valence-corrected chi connectivity index (χ2v) is 34.6. The molecule has 17 heteroatoms. The van der Waals surface area contributed by atoms with Crippen LogP contribution in [0.4, 0.5) is 0 Å². The van der Waals surface area contributed by atoms with Crippen LogP contribution in [0.3, 0.4) is 0 Å². The summed E-state index contributed by atoms with van der Waals surface area (Å²) < 4.78 is 25.4. The van der Waals surface area contributed by atoms with Gasteiger partial charge in [-0.3, -0.25) is 19.9 Å². The molecule has 764 valence electrons. The Morgan fingerprint density at radius 1 is 0.366 bits per heavy atom. The summed E-state index contributed by atoms with van der Waals surface area (Å²) >= 11 is 3.54. The van der Waals surface area contributed by atoms with E-state index in [0.29, 0.717) is 23.7 Å². The Labute approximate surface area is 899 Å². The number of aryl methyl sites for hydroxylation is 4. The first-order valence-electron chi connectivity index (χ1n) is 44.0. The van der Waals surface area contributed by atoms with Crippen molar-refractivity contribution in [2.24, 2.45) is 27.1 Å². The number of ketones is 2. The zero-order chi connectivity index (χ0) is 102. The summed E-state index contributed by atoms with van der Waals surface area (Å²) in [5, 5.41) is 0. The number of hydrogen-bond donors (Lipinski definition) is 0. The topological polar surface area (TPSA) is 132 Å². The Morgan fingerprint density at radius 3 is 0.679 bits per heavy atom. The van der Waals surface area contributed by atoms with E-state index in [1.54, 1.807) is 72.9 Å². The minimum Gasteiger partial charge on any atom is -0.545 e. The second-order valence-electron chi connectivity index (χ2n) is 32.8. The average Bonchev–Trinajstić information content (AvgIpc) is 0.853. The summed E-state index contributed by atoms with van der Waals surface area (Å²) in [5.41, 5.74) is 9.21. The molecule has 0 spiro atoms. The summed E-state index contributed by atoms with van der Waals surface area (Å²) in [6.45, 7) is 99.9. The number of methoxy groups -OCH3 is 5. The van der Waals surface area contributed by atoms with Crippen molar-refractivity contribution >= 4 is 55.0 Å². The van der Waals surface area contributed by atoms with Crippen LogP contribution in [0.1, 0.15) is 376 Å². The van der Waals surface area contributed by atoms with Crippen LogP contribution in [0.2, 0.25) is 0 Å². The fourth-order valence-corrected chi connectivity index (χ4v) is 7.82. The van der Waals surface area contributed by atoms with Gasteiger partial charge in [-0.15, -0.1) is 45.6 Å². The van der Waals surface area contributed by atoms with E-state index in [0.717, 1.165) is 33.8 Å². The minimum atomic E-state index is -0.264. The number of para-hydroxylation sites is 2. The molecule has 0 aliphatic heterocycles. The molecule has 0 aliphatic rings. The molecule has 3 unspecified atom stereocenters. The Hall–Kier alpha value is -3.49. The molecular formula is C114H204O10S2W5-2. The number of thioether (sulfide) groups is 2. The third-order valence-corrected chi connectivity index (χ3v) is 12.8. The number of carbonyl (C=O) groups excluding carboxylic acids is 5. The van der Waals surface area contributed by atoms with Gasteiger partial charge >= 0.3 is 63.2 Å². The van der Waals surface area contributed by atoms with Gasteiger partial charge in [0.2, 0.25) is 0 Å². The molecule has 0 bridgehead atoms. The van der Waals surface area contributed by atoms with Gasteiger partial charge in [0.25, 0.3) is 0 Å². The summed E-state index contributed by atoms with van der Waals surface area (Å²) in [6, 6.07) is 66.1. The Kier molecular flexibility index (Phi) is 193. The number of hydrogen-bond acceptors (Lipinski definition) is 12. The van der Waals surface area contributed by atoms with Gasteiger partial charge < -0.3 is 59.5 Å². The maximum Gasteiger partial charge on any atom is 2.00 e. The molecule has 0 amide bonds. The predicted octanol–water partition coefficient (Wildman–Crippen LogP) is 36.4. The summed E-state index contributed by atoms with van der Waals surface area (Å²) in [7, 11) is 8.47. The third kappa shape index (κ3) is 198. The van der Waals surface area contributed by atoms with Crippen molar-refractivity contribution in [2.45, 2.75) is 374 Å². The van der Waals surface area contributed by atoms with Crippen LogP contribution in [0.15, 0.2) is 180 Å². The van der Waals surface area contributed by atoms with Crippen LogP contribution in [0.5, 0.6) is 11.5 Å². The van der Waals surface area contributed by atoms with E-state index in [4.69, 9.17) is 33.3 Å². The van der Waals surface area contributed by atoms with Gasteiger partial charge in [-0.2, -0.15) is 131 Å². The van der Waals surface area contributed by atoms with Crippen molar-refractivity contribution in [1.29, 1.82) is 0 Å². The van der Waals surface area contributed by atoms with E-state index in [9.17, 15) is 14.4 Å². The normalized spacial score (nSPS) is 9.31. The van der Waals surface area contributed by atoms with Crippen LogP contribution in [-0.2, 0) is 144 Å². The molecule has 0 radical (unpaired) electrons. The zero-order valence-electron chi connectivity index (χ0n) is 92.4. The molecule has 0 aromatic heterocycles. The first kappa shape index (κ1) is 187. The van der Waals surface area contributed by atoms with Gasteiger partial charge in [-0.1, -0.05) is 330 Å². The molecule has 0 heterocycles. The Balaban J connectivity index is -0.0000000452. The number of benzene rings is 7. The van der Waals surface area contributed by atoms with Gasteiger partial charge in [0.15, 0.2) is 0 Å². The third-order valence-electron chi connectivity index (χ3n) is 11.3. The minimum absolute atomic E-state index is 0. The maximum absolute atomic E-state index is 10.5. The Morgan fingerprint density at radius 2 is 0.557 bits per heavy atom. The van der Waals surface area contributed by atoms with Gasteiger partial charge in [-0.25, -0.2) is 0 Å². The van der Waals surface area contributed by atoms with Gasteiger partial charge in [-0.05, 0) is 117 Å². The molecule has 7 aromatic rings. The maximum atomic E-state index is 10.5. The van der Waals surface area contributed by atoms with Crippen LogP contribution in [0.25, 0.3) is 0 Å². The van der Waals surface area contributed by atoms with Crippen molar-refractivity contribution in [3.8, 4) is 11.5 Å². The molecular weight excluding hydrogens is 2510 g/mol. The Bertz CT molecular complexity index is 2890. The molecule has 0 aliphatic carbocycles. The number of carbonyl (C=O) groups is 2. The van der Waals surface area contributed by atoms with E-state index in [-0.39, 0.29) is 166 Å². The first-order valence-corrected chi connectivity index (χ1v) is 46.5. The largest absolute Gasteiger partial charge is 2.00 e. The van der Waals surface area contributed by atoms with Gasteiger partial charge in [0.1, 0.15) is 23.1 Å². The molecule has 131 heavy (non-hydrogen) atoms. The van der Waals surface area contributed by atoms with Crippen molar-refractivity contribution in [2.75, 3.05) is 48.1 Å². The summed E-state index contributed by atoms with van der Waals surface area (Å²) in [6.07, 6.45) is 7.86. The fraction of sp³-hybridized carbons (Fsp3) is 0.570.